The molecule has 1 aromatic heterocycles. The predicted molar refractivity (Wildman–Crippen MR) is 68.9 cm³/mol. The summed E-state index contributed by atoms with van der Waals surface area (Å²) in [5.41, 5.74) is 2.40. The van der Waals surface area contributed by atoms with E-state index in [9.17, 15) is 9.18 Å². The van der Waals surface area contributed by atoms with Gasteiger partial charge >= 0.3 is 0 Å². The van der Waals surface area contributed by atoms with Gasteiger partial charge in [0.2, 0.25) is 0 Å². The van der Waals surface area contributed by atoms with E-state index >= 15 is 0 Å². The number of hydrazine groups is 1. The summed E-state index contributed by atoms with van der Waals surface area (Å²) >= 11 is 0. The molecular formula is C12H9FN6O. The molecule has 0 radical (unpaired) electrons. The van der Waals surface area contributed by atoms with Crippen LogP contribution in [0.2, 0.25) is 0 Å². The Bertz CT molecular complexity index is 679. The maximum atomic E-state index is 13.6. The topological polar surface area (TPSA) is 117 Å². The smallest absolute Gasteiger partial charge is 0.276 e. The molecule has 4 N–H and O–H groups in total. The van der Waals surface area contributed by atoms with E-state index in [0.717, 1.165) is 6.07 Å². The lowest BCUT2D eigenvalue weighted by Gasteiger charge is -2.06. The number of carbonyl (C=O) groups is 1. The first-order valence-electron chi connectivity index (χ1n) is 5.45. The van der Waals surface area contributed by atoms with E-state index in [1.54, 1.807) is 6.07 Å². The highest BCUT2D eigenvalue weighted by Crippen LogP contribution is 2.16. The van der Waals surface area contributed by atoms with Gasteiger partial charge in [-0.1, -0.05) is 0 Å². The minimum Gasteiger partial charge on any atom is -0.318 e. The first-order valence-corrected chi connectivity index (χ1v) is 5.45. The van der Waals surface area contributed by atoms with Crippen LogP contribution in [0.5, 0.6) is 0 Å². The van der Waals surface area contributed by atoms with Crippen LogP contribution in [0, 0.1) is 17.1 Å². The highest BCUT2D eigenvalue weighted by molar-refractivity contribution is 6.02. The average Bonchev–Trinajstić information content (AvgIpc) is 2.49. The molecular weight excluding hydrogens is 263 g/mol. The summed E-state index contributed by atoms with van der Waals surface area (Å²) in [6.45, 7) is 0. The van der Waals surface area contributed by atoms with Gasteiger partial charge in [-0.05, 0) is 30.3 Å². The summed E-state index contributed by atoms with van der Waals surface area (Å²) in [7, 11) is 0. The van der Waals surface area contributed by atoms with E-state index in [0.29, 0.717) is 5.82 Å². The van der Waals surface area contributed by atoms with Crippen molar-refractivity contribution in [2.75, 3.05) is 10.7 Å². The maximum absolute atomic E-state index is 13.6. The van der Waals surface area contributed by atoms with Crippen molar-refractivity contribution in [3.05, 3.63) is 47.4 Å². The molecule has 1 amide bonds. The molecule has 2 rings (SSSR count). The Hall–Kier alpha value is -3.05. The summed E-state index contributed by atoms with van der Waals surface area (Å²) in [4.78, 5) is 11.8. The summed E-state index contributed by atoms with van der Waals surface area (Å²) in [6.07, 6.45) is 0. The van der Waals surface area contributed by atoms with Crippen molar-refractivity contribution in [1.29, 1.82) is 5.26 Å². The van der Waals surface area contributed by atoms with Crippen LogP contribution in [-0.2, 0) is 0 Å². The number of hydrogen-bond acceptors (Lipinski definition) is 6. The van der Waals surface area contributed by atoms with Gasteiger partial charge in [-0.2, -0.15) is 5.26 Å². The van der Waals surface area contributed by atoms with Crippen molar-refractivity contribution in [2.45, 2.75) is 0 Å². The summed E-state index contributed by atoms with van der Waals surface area (Å²) in [5.74, 6) is 4.09. The molecule has 0 saturated heterocycles. The second-order valence-corrected chi connectivity index (χ2v) is 3.71. The van der Waals surface area contributed by atoms with Crippen molar-refractivity contribution in [3.63, 3.8) is 0 Å². The molecule has 0 aliphatic carbocycles. The molecule has 1 aromatic carbocycles. The Kier molecular flexibility index (Phi) is 3.83. The van der Waals surface area contributed by atoms with Crippen molar-refractivity contribution >= 4 is 17.4 Å². The van der Waals surface area contributed by atoms with Gasteiger partial charge in [0.15, 0.2) is 11.5 Å². The van der Waals surface area contributed by atoms with Gasteiger partial charge in [0.05, 0.1) is 17.3 Å². The lowest BCUT2D eigenvalue weighted by atomic mass is 10.2. The molecule has 0 saturated carbocycles. The van der Waals surface area contributed by atoms with Gasteiger partial charge in [-0.15, -0.1) is 10.2 Å². The fourth-order valence-corrected chi connectivity index (χ4v) is 1.40. The fourth-order valence-electron chi connectivity index (χ4n) is 1.40. The average molecular weight is 272 g/mol. The number of hydrogen-bond donors (Lipinski definition) is 3. The third-order valence-electron chi connectivity index (χ3n) is 2.39. The molecule has 2 aromatic rings. The van der Waals surface area contributed by atoms with Crippen LogP contribution in [0.3, 0.4) is 0 Å². The van der Waals surface area contributed by atoms with Crippen LogP contribution >= 0.6 is 0 Å². The SMILES string of the molecule is N#Cc1ccc(NC(=O)c2ccc(NN)nn2)c(F)c1. The van der Waals surface area contributed by atoms with E-state index in [1.807, 2.05) is 0 Å². The Labute approximate surface area is 113 Å². The van der Waals surface area contributed by atoms with Gasteiger partial charge in [-0.3, -0.25) is 4.79 Å². The minimum atomic E-state index is -0.703. The summed E-state index contributed by atoms with van der Waals surface area (Å²) in [6, 6.07) is 8.37. The first-order chi connectivity index (χ1) is 9.63. The minimum absolute atomic E-state index is 0.00718. The predicted octanol–water partition coefficient (Wildman–Crippen LogP) is 1.03. The number of nitrogens with one attached hydrogen (secondary N) is 2. The van der Waals surface area contributed by atoms with Gasteiger partial charge in [0.1, 0.15) is 5.82 Å². The third kappa shape index (κ3) is 2.85. The van der Waals surface area contributed by atoms with Gasteiger partial charge in [0, 0.05) is 0 Å². The molecule has 1 heterocycles. The standard InChI is InChI=1S/C12H9FN6O/c13-8-5-7(6-14)1-2-9(8)16-12(20)10-3-4-11(17-15)19-18-10/h1-5H,15H2,(H,16,20)(H,17,19). The second-order valence-electron chi connectivity index (χ2n) is 3.71. The summed E-state index contributed by atoms with van der Waals surface area (Å²) in [5, 5.41) is 18.2. The van der Waals surface area contributed by atoms with Gasteiger partial charge in [0.25, 0.3) is 5.91 Å². The zero-order chi connectivity index (χ0) is 14.5. The number of halogens is 1. The molecule has 7 nitrogen and oxygen atoms in total. The Balaban J connectivity index is 2.17. The van der Waals surface area contributed by atoms with Crippen LogP contribution in [0.15, 0.2) is 30.3 Å². The van der Waals surface area contributed by atoms with Crippen molar-refractivity contribution in [2.24, 2.45) is 5.84 Å². The molecule has 8 heteroatoms. The number of nitrogens with two attached hydrogens (primary N) is 1. The van der Waals surface area contributed by atoms with E-state index in [2.05, 4.69) is 20.9 Å². The van der Waals surface area contributed by atoms with E-state index in [1.165, 1.54) is 24.3 Å². The molecule has 100 valence electrons. The van der Waals surface area contributed by atoms with E-state index < -0.39 is 11.7 Å². The van der Waals surface area contributed by atoms with Crippen molar-refractivity contribution in [3.8, 4) is 6.07 Å². The number of benzene rings is 1. The van der Waals surface area contributed by atoms with Crippen LogP contribution in [0.1, 0.15) is 16.1 Å². The first kappa shape index (κ1) is 13.4. The molecule has 0 fully saturated rings. The Morgan fingerprint density at radius 1 is 1.30 bits per heavy atom. The maximum Gasteiger partial charge on any atom is 0.276 e. The number of aromatic nitrogens is 2. The quantitative estimate of drug-likeness (QED) is 0.567. The van der Waals surface area contributed by atoms with Crippen LogP contribution < -0.4 is 16.6 Å². The zero-order valence-corrected chi connectivity index (χ0v) is 10.1. The fraction of sp³-hybridized carbons (Fsp3) is 0. The number of rotatable bonds is 3. The molecule has 0 spiro atoms. The second kappa shape index (κ2) is 5.73. The largest absolute Gasteiger partial charge is 0.318 e. The van der Waals surface area contributed by atoms with Crippen LogP contribution in [-0.4, -0.2) is 16.1 Å². The number of nitriles is 1. The van der Waals surface area contributed by atoms with Crippen molar-refractivity contribution < 1.29 is 9.18 Å². The summed E-state index contributed by atoms with van der Waals surface area (Å²) < 4.78 is 13.6. The number of nitrogen functional groups attached to an aromatic ring is 1. The number of carbonyl (C=O) groups excluding carboxylic acids is 1. The molecule has 0 bridgehead atoms. The molecule has 0 aliphatic rings. The van der Waals surface area contributed by atoms with Crippen molar-refractivity contribution in [1.82, 2.24) is 10.2 Å². The number of amides is 1. The lowest BCUT2D eigenvalue weighted by molar-refractivity contribution is 0.102. The van der Waals surface area contributed by atoms with E-state index in [4.69, 9.17) is 11.1 Å². The van der Waals surface area contributed by atoms with Crippen LogP contribution in [0.4, 0.5) is 15.9 Å². The van der Waals surface area contributed by atoms with Gasteiger partial charge in [-0.25, -0.2) is 10.2 Å². The molecule has 0 aliphatic heterocycles. The monoisotopic (exact) mass is 272 g/mol. The van der Waals surface area contributed by atoms with Crippen LogP contribution in [0.25, 0.3) is 0 Å². The lowest BCUT2D eigenvalue weighted by Crippen LogP contribution is -2.16. The van der Waals surface area contributed by atoms with Gasteiger partial charge < -0.3 is 10.7 Å². The third-order valence-corrected chi connectivity index (χ3v) is 2.39. The molecule has 20 heavy (non-hydrogen) atoms. The molecule has 0 atom stereocenters. The number of anilines is 2. The highest BCUT2D eigenvalue weighted by atomic mass is 19.1. The highest BCUT2D eigenvalue weighted by Gasteiger charge is 2.11. The van der Waals surface area contributed by atoms with E-state index in [-0.39, 0.29) is 16.9 Å². The Morgan fingerprint density at radius 2 is 2.10 bits per heavy atom. The number of nitrogens with zero attached hydrogens (tertiary/aromatic N) is 3. The zero-order valence-electron chi connectivity index (χ0n) is 10.1. The normalized spacial score (nSPS) is 9.65. The Morgan fingerprint density at radius 3 is 2.65 bits per heavy atom. The molecule has 0 unspecified atom stereocenters.